The van der Waals surface area contributed by atoms with Crippen molar-refractivity contribution in [1.82, 2.24) is 26.2 Å². The number of likely N-dealkylation sites (tertiary alicyclic amines) is 1. The molecule has 1 saturated heterocycles. The van der Waals surface area contributed by atoms with Gasteiger partial charge in [0.2, 0.25) is 17.7 Å². The molecule has 54 heavy (non-hydrogen) atoms. The molecule has 0 aromatic heterocycles. The van der Waals surface area contributed by atoms with Gasteiger partial charge >= 0.3 is 20.2 Å². The first kappa shape index (κ1) is 40.4. The molecule has 8 N–H and O–H groups in total. The van der Waals surface area contributed by atoms with Crippen molar-refractivity contribution in [3.05, 3.63) is 58.7 Å². The van der Waals surface area contributed by atoms with Crippen LogP contribution in [-0.4, -0.2) is 119 Å². The molecule has 0 aliphatic carbocycles. The summed E-state index contributed by atoms with van der Waals surface area (Å²) in [5.41, 5.74) is 2.74. The van der Waals surface area contributed by atoms with Gasteiger partial charge in [-0.1, -0.05) is 19.1 Å². The number of fused-ring (bicyclic) bond motifs is 2. The van der Waals surface area contributed by atoms with Gasteiger partial charge in [-0.25, -0.2) is 4.79 Å². The third kappa shape index (κ3) is 9.46. The minimum atomic E-state index is -1.51. The summed E-state index contributed by atoms with van der Waals surface area (Å²) in [5.74, 6) is -4.59. The lowest BCUT2D eigenvalue weighted by atomic mass is 9.78. The molecule has 2 aromatic rings. The number of nitrogens with zero attached hydrogens (tertiary/aromatic N) is 1. The molecule has 3 heterocycles. The number of aliphatic hydroxyl groups excluding tert-OH is 1. The largest absolute Gasteiger partial charge is 0.491 e. The standard InChI is InChI=1S/C35H45B2N5O12/c1-3-20(34(48)42-13-5-7-28(42)33(47)41-29(19(2)43)35(49)50)6-4-12-38-32(46)27(40-31(45)22-9-11-24-18-54-37(52)26(24)15-22)16-39-30(44)21-8-10-23-17-53-36(51)25(23)14-21/h8-11,14-15,19-20,27-29,43,51-52H,3-7,12-13,16-18H2,1-2H3,(H,38,46)(H,39,44)(H,40,45)(H,41,47)(H,49,50)/t19-,20+,27-,28+,29+/m1/s1. The Balaban J connectivity index is 1.19. The highest BCUT2D eigenvalue weighted by Gasteiger charge is 2.39. The third-order valence-electron chi connectivity index (χ3n) is 9.99. The number of amides is 5. The second kappa shape index (κ2) is 18.0. The van der Waals surface area contributed by atoms with E-state index in [9.17, 15) is 49.0 Å². The van der Waals surface area contributed by atoms with Crippen molar-refractivity contribution in [3.8, 4) is 0 Å². The van der Waals surface area contributed by atoms with Crippen LogP contribution >= 0.6 is 0 Å². The van der Waals surface area contributed by atoms with Crippen LogP contribution in [-0.2, 0) is 41.7 Å². The number of aliphatic hydroxyl groups is 1. The van der Waals surface area contributed by atoms with Crippen LogP contribution in [0.25, 0.3) is 0 Å². The van der Waals surface area contributed by atoms with Crippen molar-refractivity contribution in [3.63, 3.8) is 0 Å². The number of carboxylic acids is 1. The Hall–Kier alpha value is -4.81. The smallest absolute Gasteiger partial charge is 0.480 e. The molecule has 0 unspecified atom stereocenters. The van der Waals surface area contributed by atoms with E-state index in [1.54, 1.807) is 18.2 Å². The molecule has 0 bridgehead atoms. The first-order valence-corrected chi connectivity index (χ1v) is 18.0. The average Bonchev–Trinajstić information content (AvgIpc) is 3.90. The molecule has 3 aliphatic rings. The molecule has 1 fully saturated rings. The molecule has 5 atom stereocenters. The van der Waals surface area contributed by atoms with Gasteiger partial charge in [0.15, 0.2) is 6.04 Å². The molecule has 0 saturated carbocycles. The lowest BCUT2D eigenvalue weighted by Crippen LogP contribution is -2.54. The third-order valence-corrected chi connectivity index (χ3v) is 9.99. The SMILES string of the molecule is CC[C@@H](CCCNC(=O)[C@@H](CNC(=O)c1ccc2c(c1)B(O)OC2)NC(=O)c1ccc2c(c1)B(O)OC2)C(=O)N1CCC[C@H]1C(=O)N[C@H](C(=O)O)[C@@H](C)O. The number of benzene rings is 2. The van der Waals surface area contributed by atoms with Crippen LogP contribution in [0.5, 0.6) is 0 Å². The molecule has 0 radical (unpaired) electrons. The van der Waals surface area contributed by atoms with Crippen molar-refractivity contribution >= 4 is 60.7 Å². The summed E-state index contributed by atoms with van der Waals surface area (Å²) in [6, 6.07) is 5.76. The summed E-state index contributed by atoms with van der Waals surface area (Å²) >= 11 is 0. The Morgan fingerprint density at radius 1 is 0.907 bits per heavy atom. The van der Waals surface area contributed by atoms with E-state index in [0.717, 1.165) is 11.1 Å². The fourth-order valence-corrected chi connectivity index (χ4v) is 6.82. The average molecular weight is 749 g/mol. The lowest BCUT2D eigenvalue weighted by Gasteiger charge is -2.29. The van der Waals surface area contributed by atoms with Crippen molar-refractivity contribution in [2.24, 2.45) is 5.92 Å². The highest BCUT2D eigenvalue weighted by Crippen LogP contribution is 2.24. The summed E-state index contributed by atoms with van der Waals surface area (Å²) in [7, 11) is -2.35. The summed E-state index contributed by atoms with van der Waals surface area (Å²) in [6.07, 6.45) is 0.724. The molecule has 17 nitrogen and oxygen atoms in total. The predicted octanol–water partition coefficient (Wildman–Crippen LogP) is -2.49. The van der Waals surface area contributed by atoms with E-state index in [1.165, 1.54) is 30.0 Å². The first-order valence-electron chi connectivity index (χ1n) is 18.0. The first-order chi connectivity index (χ1) is 25.8. The van der Waals surface area contributed by atoms with Gasteiger partial charge < -0.3 is 55.7 Å². The van der Waals surface area contributed by atoms with Gasteiger partial charge in [-0.05, 0) is 85.3 Å². The van der Waals surface area contributed by atoms with E-state index in [2.05, 4.69) is 21.3 Å². The summed E-state index contributed by atoms with van der Waals surface area (Å²) in [6.45, 7) is 3.62. The highest BCUT2D eigenvalue weighted by molar-refractivity contribution is 6.62. The van der Waals surface area contributed by atoms with Crippen LogP contribution in [0.1, 0.15) is 77.8 Å². The van der Waals surface area contributed by atoms with Crippen LogP contribution < -0.4 is 32.2 Å². The molecule has 2 aromatic carbocycles. The fourth-order valence-electron chi connectivity index (χ4n) is 6.82. The number of nitrogens with one attached hydrogen (secondary N) is 4. The number of carbonyl (C=O) groups is 6. The number of aliphatic carboxylic acids is 1. The zero-order valence-corrected chi connectivity index (χ0v) is 30.1. The molecule has 5 amide bonds. The molecule has 288 valence electrons. The number of carbonyl (C=O) groups excluding carboxylic acids is 5. The number of hydrogen-bond donors (Lipinski definition) is 8. The van der Waals surface area contributed by atoms with E-state index < -0.39 is 74.0 Å². The highest BCUT2D eigenvalue weighted by atomic mass is 16.5. The van der Waals surface area contributed by atoms with E-state index in [4.69, 9.17) is 9.31 Å². The Morgan fingerprint density at radius 3 is 2.09 bits per heavy atom. The van der Waals surface area contributed by atoms with Gasteiger partial charge in [-0.3, -0.25) is 24.0 Å². The van der Waals surface area contributed by atoms with Crippen LogP contribution in [0.2, 0.25) is 0 Å². The van der Waals surface area contributed by atoms with Gasteiger partial charge in [-0.2, -0.15) is 0 Å². The molecular formula is C35H45B2N5O12. The van der Waals surface area contributed by atoms with Gasteiger partial charge in [0.25, 0.3) is 11.8 Å². The maximum absolute atomic E-state index is 13.5. The second-order valence-electron chi connectivity index (χ2n) is 13.7. The van der Waals surface area contributed by atoms with Crippen LogP contribution in [0.15, 0.2) is 36.4 Å². The zero-order chi connectivity index (χ0) is 39.1. The minimum absolute atomic E-state index is 0.118. The number of carboxylic acid groups (broad SMARTS) is 1. The minimum Gasteiger partial charge on any atom is -0.480 e. The van der Waals surface area contributed by atoms with E-state index in [0.29, 0.717) is 49.6 Å². The molecule has 3 aliphatic heterocycles. The Kier molecular flexibility index (Phi) is 13.5. The topological polar surface area (TPSA) is 253 Å². The van der Waals surface area contributed by atoms with Crippen molar-refractivity contribution in [2.45, 2.75) is 83.4 Å². The fraction of sp³-hybridized carbons (Fsp3) is 0.486. The van der Waals surface area contributed by atoms with Crippen molar-refractivity contribution in [1.29, 1.82) is 0 Å². The molecule has 0 spiro atoms. The number of rotatable bonds is 16. The van der Waals surface area contributed by atoms with Crippen molar-refractivity contribution < 1.29 is 58.3 Å². The molecule has 5 rings (SSSR count). The zero-order valence-electron chi connectivity index (χ0n) is 30.1. The van der Waals surface area contributed by atoms with Gasteiger partial charge in [0.1, 0.15) is 12.1 Å². The Labute approximate surface area is 312 Å². The lowest BCUT2D eigenvalue weighted by molar-refractivity contribution is -0.147. The monoisotopic (exact) mass is 749 g/mol. The molecular weight excluding hydrogens is 704 g/mol. The Bertz CT molecular complexity index is 1760. The maximum atomic E-state index is 13.5. The van der Waals surface area contributed by atoms with Crippen LogP contribution in [0.4, 0.5) is 0 Å². The maximum Gasteiger partial charge on any atom is 0.491 e. The normalized spacial score (nSPS) is 18.2. The van der Waals surface area contributed by atoms with E-state index >= 15 is 0 Å². The van der Waals surface area contributed by atoms with E-state index in [-0.39, 0.29) is 43.3 Å². The summed E-state index contributed by atoms with van der Waals surface area (Å²) in [4.78, 5) is 79.3. The summed E-state index contributed by atoms with van der Waals surface area (Å²) in [5, 5.41) is 49.7. The second-order valence-corrected chi connectivity index (χ2v) is 13.7. The van der Waals surface area contributed by atoms with Crippen LogP contribution in [0, 0.1) is 5.92 Å². The Morgan fingerprint density at radius 2 is 1.52 bits per heavy atom. The summed E-state index contributed by atoms with van der Waals surface area (Å²) < 4.78 is 10.4. The predicted molar refractivity (Wildman–Crippen MR) is 193 cm³/mol. The molecule has 19 heteroatoms. The van der Waals surface area contributed by atoms with Crippen LogP contribution in [0.3, 0.4) is 0 Å². The van der Waals surface area contributed by atoms with Gasteiger partial charge in [0.05, 0.1) is 19.3 Å². The van der Waals surface area contributed by atoms with E-state index in [1.807, 2.05) is 6.92 Å². The van der Waals surface area contributed by atoms with Gasteiger partial charge in [0, 0.05) is 36.7 Å². The van der Waals surface area contributed by atoms with Crippen molar-refractivity contribution in [2.75, 3.05) is 19.6 Å². The van der Waals surface area contributed by atoms with Gasteiger partial charge in [-0.15, -0.1) is 0 Å². The quantitative estimate of drug-likeness (QED) is 0.0656. The number of hydrogen-bond acceptors (Lipinski definition) is 11.